The summed E-state index contributed by atoms with van der Waals surface area (Å²) < 4.78 is 0. The standard InChI is InChI=1S/C12H13N3O2/c1-15(2)9-5-3-4-8(6-9)11-10(12(16)17)7-13-14-11/h3-7H,1-2H3,(H,13,14)(H,16,17). The third-order valence-corrected chi connectivity index (χ3v) is 2.52. The molecule has 2 N–H and O–H groups in total. The monoisotopic (exact) mass is 231 g/mol. The van der Waals surface area contributed by atoms with Crippen molar-refractivity contribution in [1.29, 1.82) is 0 Å². The quantitative estimate of drug-likeness (QED) is 0.845. The molecule has 88 valence electrons. The maximum atomic E-state index is 11.0. The molecule has 0 radical (unpaired) electrons. The minimum Gasteiger partial charge on any atom is -0.478 e. The van der Waals surface area contributed by atoms with Gasteiger partial charge in [-0.3, -0.25) is 5.10 Å². The van der Waals surface area contributed by atoms with Crippen LogP contribution in [0.2, 0.25) is 0 Å². The Morgan fingerprint density at radius 3 is 2.82 bits per heavy atom. The van der Waals surface area contributed by atoms with Gasteiger partial charge >= 0.3 is 5.97 Å². The maximum absolute atomic E-state index is 11.0. The highest BCUT2D eigenvalue weighted by Gasteiger charge is 2.14. The minimum atomic E-state index is -0.982. The van der Waals surface area contributed by atoms with Crippen molar-refractivity contribution in [2.45, 2.75) is 0 Å². The number of nitrogens with one attached hydrogen (secondary N) is 1. The van der Waals surface area contributed by atoms with Gasteiger partial charge in [-0.05, 0) is 12.1 Å². The summed E-state index contributed by atoms with van der Waals surface area (Å²) in [4.78, 5) is 13.0. The van der Waals surface area contributed by atoms with E-state index in [1.54, 1.807) is 0 Å². The van der Waals surface area contributed by atoms with E-state index in [1.165, 1.54) is 6.20 Å². The van der Waals surface area contributed by atoms with Crippen LogP contribution >= 0.6 is 0 Å². The number of carboxylic acids is 1. The highest BCUT2D eigenvalue weighted by Crippen LogP contribution is 2.24. The summed E-state index contributed by atoms with van der Waals surface area (Å²) in [5, 5.41) is 15.5. The Labute approximate surface area is 98.7 Å². The van der Waals surface area contributed by atoms with Crippen molar-refractivity contribution in [3.8, 4) is 11.3 Å². The van der Waals surface area contributed by atoms with E-state index in [4.69, 9.17) is 5.11 Å². The van der Waals surface area contributed by atoms with E-state index < -0.39 is 5.97 Å². The number of anilines is 1. The molecule has 1 heterocycles. The number of H-pyrrole nitrogens is 1. The summed E-state index contributed by atoms with van der Waals surface area (Å²) in [6.07, 6.45) is 1.32. The fourth-order valence-corrected chi connectivity index (χ4v) is 1.61. The number of carbonyl (C=O) groups is 1. The Bertz CT molecular complexity index is 546. The van der Waals surface area contributed by atoms with Gasteiger partial charge in [-0.15, -0.1) is 0 Å². The third-order valence-electron chi connectivity index (χ3n) is 2.52. The van der Waals surface area contributed by atoms with Gasteiger partial charge in [-0.1, -0.05) is 12.1 Å². The molecule has 0 spiro atoms. The van der Waals surface area contributed by atoms with Crippen molar-refractivity contribution >= 4 is 11.7 Å². The summed E-state index contributed by atoms with van der Waals surface area (Å²) in [6, 6.07) is 7.62. The predicted octanol–water partition coefficient (Wildman–Crippen LogP) is 1.84. The van der Waals surface area contributed by atoms with Crippen molar-refractivity contribution in [2.75, 3.05) is 19.0 Å². The lowest BCUT2D eigenvalue weighted by molar-refractivity contribution is 0.0698. The van der Waals surface area contributed by atoms with Gasteiger partial charge in [0.05, 0.1) is 11.9 Å². The molecule has 0 unspecified atom stereocenters. The van der Waals surface area contributed by atoms with Crippen LogP contribution in [-0.2, 0) is 0 Å². The smallest absolute Gasteiger partial charge is 0.339 e. The Morgan fingerprint density at radius 1 is 1.41 bits per heavy atom. The van der Waals surface area contributed by atoms with Gasteiger partial charge in [0.15, 0.2) is 0 Å². The molecule has 1 aromatic heterocycles. The van der Waals surface area contributed by atoms with E-state index in [-0.39, 0.29) is 5.56 Å². The summed E-state index contributed by atoms with van der Waals surface area (Å²) in [5.41, 5.74) is 2.53. The number of aromatic carboxylic acids is 1. The van der Waals surface area contributed by atoms with Crippen LogP contribution < -0.4 is 4.90 Å². The van der Waals surface area contributed by atoms with E-state index in [0.717, 1.165) is 11.3 Å². The first-order valence-electron chi connectivity index (χ1n) is 5.14. The summed E-state index contributed by atoms with van der Waals surface area (Å²) in [6.45, 7) is 0. The summed E-state index contributed by atoms with van der Waals surface area (Å²) >= 11 is 0. The molecule has 0 aliphatic heterocycles. The van der Waals surface area contributed by atoms with Crippen LogP contribution in [-0.4, -0.2) is 35.4 Å². The minimum absolute atomic E-state index is 0.181. The Kier molecular flexibility index (Phi) is 2.82. The fraction of sp³-hybridized carbons (Fsp3) is 0.167. The number of aromatic amines is 1. The number of hydrogen-bond acceptors (Lipinski definition) is 3. The number of hydrogen-bond donors (Lipinski definition) is 2. The van der Waals surface area contributed by atoms with E-state index >= 15 is 0 Å². The number of aromatic nitrogens is 2. The summed E-state index contributed by atoms with van der Waals surface area (Å²) in [5.74, 6) is -0.982. The molecule has 0 fully saturated rings. The van der Waals surface area contributed by atoms with Gasteiger partial charge in [0.2, 0.25) is 0 Å². The van der Waals surface area contributed by atoms with Crippen LogP contribution in [0.1, 0.15) is 10.4 Å². The number of carboxylic acid groups (broad SMARTS) is 1. The lowest BCUT2D eigenvalue weighted by atomic mass is 10.1. The van der Waals surface area contributed by atoms with Crippen molar-refractivity contribution < 1.29 is 9.90 Å². The van der Waals surface area contributed by atoms with Gasteiger partial charge in [0.25, 0.3) is 0 Å². The van der Waals surface area contributed by atoms with Gasteiger partial charge in [0, 0.05) is 25.3 Å². The molecular weight excluding hydrogens is 218 g/mol. The van der Waals surface area contributed by atoms with Crippen molar-refractivity contribution in [3.63, 3.8) is 0 Å². The second kappa shape index (κ2) is 4.29. The number of rotatable bonds is 3. The molecule has 2 rings (SSSR count). The highest BCUT2D eigenvalue weighted by molar-refractivity contribution is 5.94. The van der Waals surface area contributed by atoms with Crippen LogP contribution in [0.25, 0.3) is 11.3 Å². The topological polar surface area (TPSA) is 69.2 Å². The normalized spacial score (nSPS) is 10.2. The summed E-state index contributed by atoms with van der Waals surface area (Å²) in [7, 11) is 3.87. The Hall–Kier alpha value is -2.30. The Balaban J connectivity index is 2.49. The maximum Gasteiger partial charge on any atom is 0.339 e. The molecule has 5 heteroatoms. The molecule has 2 aromatic rings. The lowest BCUT2D eigenvalue weighted by Crippen LogP contribution is -2.08. The van der Waals surface area contributed by atoms with Crippen LogP contribution in [0.15, 0.2) is 30.5 Å². The second-order valence-electron chi connectivity index (χ2n) is 3.91. The molecule has 0 bridgehead atoms. The zero-order valence-corrected chi connectivity index (χ0v) is 9.64. The van der Waals surface area contributed by atoms with Crippen molar-refractivity contribution in [3.05, 3.63) is 36.0 Å². The first-order chi connectivity index (χ1) is 8.09. The highest BCUT2D eigenvalue weighted by atomic mass is 16.4. The van der Waals surface area contributed by atoms with Crippen LogP contribution in [0, 0.1) is 0 Å². The molecule has 0 aliphatic carbocycles. The second-order valence-corrected chi connectivity index (χ2v) is 3.91. The van der Waals surface area contributed by atoms with Crippen LogP contribution in [0.4, 0.5) is 5.69 Å². The molecule has 5 nitrogen and oxygen atoms in total. The SMILES string of the molecule is CN(C)c1cccc(-c2[nH]ncc2C(=O)O)c1. The zero-order valence-electron chi connectivity index (χ0n) is 9.64. The largest absolute Gasteiger partial charge is 0.478 e. The van der Waals surface area contributed by atoms with E-state index in [0.29, 0.717) is 5.69 Å². The molecule has 1 aromatic carbocycles. The molecule has 0 amide bonds. The van der Waals surface area contributed by atoms with Gasteiger partial charge < -0.3 is 10.0 Å². The first kappa shape index (κ1) is 11.2. The molecule has 0 saturated heterocycles. The van der Waals surface area contributed by atoms with Crippen LogP contribution in [0.3, 0.4) is 0 Å². The van der Waals surface area contributed by atoms with Crippen LogP contribution in [0.5, 0.6) is 0 Å². The molecule has 0 saturated carbocycles. The lowest BCUT2D eigenvalue weighted by Gasteiger charge is -2.13. The number of nitrogens with zero attached hydrogens (tertiary/aromatic N) is 2. The predicted molar refractivity (Wildman–Crippen MR) is 65.3 cm³/mol. The van der Waals surface area contributed by atoms with Gasteiger partial charge in [0.1, 0.15) is 5.56 Å². The molecule has 0 aliphatic rings. The van der Waals surface area contributed by atoms with Gasteiger partial charge in [-0.2, -0.15) is 5.10 Å². The zero-order chi connectivity index (χ0) is 12.4. The number of benzene rings is 1. The average molecular weight is 231 g/mol. The first-order valence-corrected chi connectivity index (χ1v) is 5.14. The molecule has 0 atom stereocenters. The third kappa shape index (κ3) is 2.13. The van der Waals surface area contributed by atoms with E-state index in [1.807, 2.05) is 43.3 Å². The average Bonchev–Trinajstić information content (AvgIpc) is 2.78. The molecular formula is C12H13N3O2. The fourth-order valence-electron chi connectivity index (χ4n) is 1.61. The van der Waals surface area contributed by atoms with Crippen molar-refractivity contribution in [1.82, 2.24) is 10.2 Å². The molecule has 17 heavy (non-hydrogen) atoms. The van der Waals surface area contributed by atoms with E-state index in [9.17, 15) is 4.79 Å². The van der Waals surface area contributed by atoms with Crippen molar-refractivity contribution in [2.24, 2.45) is 0 Å². The van der Waals surface area contributed by atoms with E-state index in [2.05, 4.69) is 10.2 Å². The Morgan fingerprint density at radius 2 is 2.18 bits per heavy atom. The van der Waals surface area contributed by atoms with Gasteiger partial charge in [-0.25, -0.2) is 4.79 Å².